The molecule has 1 unspecified atom stereocenters. The number of carbonyl (C=O) groups is 1. The molecule has 21 heavy (non-hydrogen) atoms. The van der Waals surface area contributed by atoms with Crippen LogP contribution in [-0.2, 0) is 9.47 Å². The molecule has 2 aliphatic rings. The first-order chi connectivity index (χ1) is 10.2. The minimum Gasteiger partial charge on any atom is -0.348 e. The number of carbonyl (C=O) groups excluding carboxylic acids is 1. The van der Waals surface area contributed by atoms with Gasteiger partial charge in [-0.15, -0.1) is 0 Å². The van der Waals surface area contributed by atoms with E-state index in [1.807, 2.05) is 11.0 Å². The van der Waals surface area contributed by atoms with E-state index >= 15 is 0 Å². The van der Waals surface area contributed by atoms with Crippen molar-refractivity contribution in [1.29, 1.82) is 0 Å². The van der Waals surface area contributed by atoms with Crippen LogP contribution in [0.5, 0.6) is 0 Å². The van der Waals surface area contributed by atoms with E-state index in [9.17, 15) is 4.79 Å². The third kappa shape index (κ3) is 3.26. The molecule has 0 aliphatic carbocycles. The number of amides is 1. The summed E-state index contributed by atoms with van der Waals surface area (Å²) in [5, 5.41) is 0.473. The van der Waals surface area contributed by atoms with E-state index < -0.39 is 0 Å². The van der Waals surface area contributed by atoms with E-state index in [0.29, 0.717) is 23.8 Å². The normalized spacial score (nSPS) is 23.5. The van der Waals surface area contributed by atoms with Crippen molar-refractivity contribution in [2.24, 2.45) is 0 Å². The van der Waals surface area contributed by atoms with Gasteiger partial charge >= 0.3 is 0 Å². The number of ether oxygens (including phenoxy) is 2. The van der Waals surface area contributed by atoms with Crippen LogP contribution < -0.4 is 0 Å². The number of hydrogen-bond acceptors (Lipinski definition) is 3. The lowest BCUT2D eigenvalue weighted by molar-refractivity contribution is -0.100. The Labute approximate surface area is 137 Å². The van der Waals surface area contributed by atoms with Gasteiger partial charge in [-0.05, 0) is 37.5 Å². The summed E-state index contributed by atoms with van der Waals surface area (Å²) in [7, 11) is 0. The van der Waals surface area contributed by atoms with Crippen molar-refractivity contribution in [2.45, 2.75) is 31.6 Å². The van der Waals surface area contributed by atoms with Gasteiger partial charge in [-0.1, -0.05) is 27.5 Å². The van der Waals surface area contributed by atoms with E-state index in [0.717, 1.165) is 30.3 Å². The first kappa shape index (κ1) is 15.3. The van der Waals surface area contributed by atoms with Crippen molar-refractivity contribution in [2.75, 3.05) is 19.8 Å². The second-order valence-electron chi connectivity index (χ2n) is 5.30. The number of benzene rings is 1. The van der Waals surface area contributed by atoms with Gasteiger partial charge in [0.1, 0.15) is 0 Å². The summed E-state index contributed by atoms with van der Waals surface area (Å²) in [6.07, 6.45) is 2.69. The molecule has 2 fully saturated rings. The molecule has 2 aliphatic heterocycles. The molecule has 1 aromatic rings. The highest BCUT2D eigenvalue weighted by molar-refractivity contribution is 9.10. The smallest absolute Gasteiger partial charge is 0.255 e. The van der Waals surface area contributed by atoms with Crippen molar-refractivity contribution >= 4 is 33.4 Å². The topological polar surface area (TPSA) is 38.8 Å². The molecule has 4 nitrogen and oxygen atoms in total. The molecule has 1 atom stereocenters. The number of likely N-dealkylation sites (tertiary alicyclic amines) is 1. The molecule has 1 aromatic carbocycles. The lowest BCUT2D eigenvalue weighted by Gasteiger charge is -2.38. The summed E-state index contributed by atoms with van der Waals surface area (Å²) >= 11 is 9.58. The highest BCUT2D eigenvalue weighted by Crippen LogP contribution is 2.29. The minimum atomic E-state index is -0.305. The molecule has 2 heterocycles. The second-order valence-corrected chi connectivity index (χ2v) is 6.62. The molecule has 3 rings (SSSR count). The van der Waals surface area contributed by atoms with E-state index in [4.69, 9.17) is 21.1 Å². The Kier molecular flexibility index (Phi) is 4.84. The third-order valence-electron chi connectivity index (χ3n) is 3.93. The maximum Gasteiger partial charge on any atom is 0.255 e. The molecular weight excluding hydrogens is 358 g/mol. The van der Waals surface area contributed by atoms with E-state index in [-0.39, 0.29) is 18.2 Å². The Morgan fingerprint density at radius 2 is 2.05 bits per heavy atom. The number of hydrogen-bond donors (Lipinski definition) is 0. The van der Waals surface area contributed by atoms with Crippen molar-refractivity contribution in [3.05, 3.63) is 33.3 Å². The molecule has 0 spiro atoms. The highest BCUT2D eigenvalue weighted by Gasteiger charge is 2.37. The average molecular weight is 375 g/mol. The fraction of sp³-hybridized carbons (Fsp3) is 0.533. The largest absolute Gasteiger partial charge is 0.348 e. The van der Waals surface area contributed by atoms with Crippen LogP contribution in [0.25, 0.3) is 0 Å². The van der Waals surface area contributed by atoms with Gasteiger partial charge in [-0.25, -0.2) is 0 Å². The van der Waals surface area contributed by atoms with Gasteiger partial charge in [0, 0.05) is 11.0 Å². The minimum absolute atomic E-state index is 0.0243. The predicted octanol–water partition coefficient (Wildman–Crippen LogP) is 3.47. The molecule has 114 valence electrons. The lowest BCUT2D eigenvalue weighted by atomic mass is 10.00. The Morgan fingerprint density at radius 3 is 2.81 bits per heavy atom. The van der Waals surface area contributed by atoms with Gasteiger partial charge in [-0.2, -0.15) is 0 Å². The summed E-state index contributed by atoms with van der Waals surface area (Å²) in [6, 6.07) is 5.31. The van der Waals surface area contributed by atoms with Crippen LogP contribution in [0.3, 0.4) is 0 Å². The number of piperidine rings is 1. The molecule has 1 amide bonds. The van der Waals surface area contributed by atoms with Crippen molar-refractivity contribution < 1.29 is 14.3 Å². The quantitative estimate of drug-likeness (QED) is 0.795. The fourth-order valence-electron chi connectivity index (χ4n) is 2.91. The average Bonchev–Trinajstić information content (AvgIpc) is 3.03. The first-order valence-electron chi connectivity index (χ1n) is 7.16. The van der Waals surface area contributed by atoms with Gasteiger partial charge in [0.25, 0.3) is 5.91 Å². The predicted molar refractivity (Wildman–Crippen MR) is 83.5 cm³/mol. The van der Waals surface area contributed by atoms with Crippen molar-refractivity contribution in [3.63, 3.8) is 0 Å². The molecule has 2 saturated heterocycles. The molecular formula is C15H17BrClNO3. The van der Waals surface area contributed by atoms with Crippen LogP contribution in [0.4, 0.5) is 0 Å². The molecule has 0 N–H and O–H groups in total. The molecule has 0 aromatic heterocycles. The molecule has 0 bridgehead atoms. The van der Waals surface area contributed by atoms with Crippen LogP contribution in [0.15, 0.2) is 22.7 Å². The van der Waals surface area contributed by atoms with Gasteiger partial charge in [0.05, 0.1) is 29.8 Å². The van der Waals surface area contributed by atoms with E-state index in [2.05, 4.69) is 15.9 Å². The van der Waals surface area contributed by atoms with Gasteiger partial charge in [-0.3, -0.25) is 4.79 Å². The summed E-state index contributed by atoms with van der Waals surface area (Å²) in [4.78, 5) is 14.7. The zero-order chi connectivity index (χ0) is 14.8. The number of nitrogens with zero attached hydrogens (tertiary/aromatic N) is 1. The fourth-order valence-corrected chi connectivity index (χ4v) is 3.47. The van der Waals surface area contributed by atoms with Crippen LogP contribution >= 0.6 is 27.5 Å². The maximum absolute atomic E-state index is 12.8. The molecule has 0 radical (unpaired) electrons. The van der Waals surface area contributed by atoms with Crippen molar-refractivity contribution in [3.8, 4) is 0 Å². The summed E-state index contributed by atoms with van der Waals surface area (Å²) < 4.78 is 12.1. The Morgan fingerprint density at radius 1 is 1.29 bits per heavy atom. The van der Waals surface area contributed by atoms with Crippen LogP contribution in [0, 0.1) is 0 Å². The van der Waals surface area contributed by atoms with E-state index in [1.54, 1.807) is 12.1 Å². The monoisotopic (exact) mass is 373 g/mol. The number of rotatable bonds is 2. The Balaban J connectivity index is 1.85. The van der Waals surface area contributed by atoms with Crippen LogP contribution in [0.1, 0.15) is 29.6 Å². The third-order valence-corrected chi connectivity index (χ3v) is 4.75. The second kappa shape index (κ2) is 6.65. The summed E-state index contributed by atoms with van der Waals surface area (Å²) in [6.45, 7) is 1.91. The van der Waals surface area contributed by atoms with Crippen LogP contribution in [-0.4, -0.2) is 42.9 Å². The SMILES string of the molecule is O=C(c1cc(Br)ccc1Cl)N1CCCCC1C1OCCO1. The Bertz CT molecular complexity index is 534. The maximum atomic E-state index is 12.8. The van der Waals surface area contributed by atoms with Crippen LogP contribution in [0.2, 0.25) is 5.02 Å². The van der Waals surface area contributed by atoms with Gasteiger partial charge in [0.15, 0.2) is 6.29 Å². The number of halogens is 2. The first-order valence-corrected chi connectivity index (χ1v) is 8.33. The summed E-state index contributed by atoms with van der Waals surface area (Å²) in [5.74, 6) is -0.0508. The zero-order valence-corrected chi connectivity index (χ0v) is 13.9. The van der Waals surface area contributed by atoms with Gasteiger partial charge in [0.2, 0.25) is 0 Å². The zero-order valence-electron chi connectivity index (χ0n) is 11.6. The van der Waals surface area contributed by atoms with Gasteiger partial charge < -0.3 is 14.4 Å². The lowest BCUT2D eigenvalue weighted by Crippen LogP contribution is -2.50. The van der Waals surface area contributed by atoms with Crippen molar-refractivity contribution in [1.82, 2.24) is 4.90 Å². The molecule has 0 saturated carbocycles. The highest BCUT2D eigenvalue weighted by atomic mass is 79.9. The summed E-state index contributed by atoms with van der Waals surface area (Å²) in [5.41, 5.74) is 0.524. The standard InChI is InChI=1S/C15H17BrClNO3/c16-10-4-5-12(17)11(9-10)14(19)18-6-2-1-3-13(18)15-20-7-8-21-15/h4-5,9,13,15H,1-3,6-8H2. The van der Waals surface area contributed by atoms with E-state index in [1.165, 1.54) is 0 Å². The molecule has 6 heteroatoms. The Hall–Kier alpha value is -0.620.